The lowest BCUT2D eigenvalue weighted by Crippen LogP contribution is -1.97. The smallest absolute Gasteiger partial charge is 0.137 e. The van der Waals surface area contributed by atoms with Gasteiger partial charge in [0, 0.05) is 65.5 Å². The molecule has 0 aliphatic carbocycles. The van der Waals surface area contributed by atoms with Gasteiger partial charge in [-0.3, -0.25) is 0 Å². The molecule has 302 valence electrons. The van der Waals surface area contributed by atoms with Crippen molar-refractivity contribution in [2.75, 3.05) is 0 Å². The Morgan fingerprint density at radius 1 is 0.231 bits per heavy atom. The molecule has 5 aromatic heterocycles. The molecular formula is C60H36N4O. The van der Waals surface area contributed by atoms with Crippen LogP contribution in [0.4, 0.5) is 0 Å². The standard InChI is InChI=1S/C60H36N4O/c1-7-20-49-40(14-1)41-15-2-8-21-50(41)61(49)37-28-31-55-46(34-37)44-18-5-9-22-51(44)62(55)38-29-32-56-47(35-38)45-19-6-10-23-52(45)63(56)39-30-33-58-48(36-39)60-57(26-13-27-59(60)65-58)64-53-24-11-3-16-42(53)43-17-4-12-25-54(43)64/h1-36H. The van der Waals surface area contributed by atoms with Crippen molar-refractivity contribution in [1.29, 1.82) is 0 Å². The molecule has 0 fully saturated rings. The maximum atomic E-state index is 6.63. The SMILES string of the molecule is c1cc(-n2c3ccccc3c3ccccc32)c2c(c1)oc1ccc(-n3c4ccccc4c4cc(-n5c6ccccc6c6cc(-n7c8ccccc8c8ccccc87)ccc65)ccc43)cc12. The molecule has 15 rings (SSSR count). The Balaban J connectivity index is 0.927. The van der Waals surface area contributed by atoms with E-state index in [1.54, 1.807) is 0 Å². The van der Waals surface area contributed by atoms with Crippen molar-refractivity contribution in [2.45, 2.75) is 0 Å². The van der Waals surface area contributed by atoms with E-state index in [9.17, 15) is 0 Å². The highest BCUT2D eigenvalue weighted by atomic mass is 16.3. The first kappa shape index (κ1) is 34.7. The summed E-state index contributed by atoms with van der Waals surface area (Å²) in [6.07, 6.45) is 0. The van der Waals surface area contributed by atoms with Crippen LogP contribution in [0.15, 0.2) is 223 Å². The summed E-state index contributed by atoms with van der Waals surface area (Å²) in [5.41, 5.74) is 15.7. The van der Waals surface area contributed by atoms with Crippen molar-refractivity contribution in [2.24, 2.45) is 0 Å². The Hall–Kier alpha value is -8.80. The lowest BCUT2D eigenvalue weighted by molar-refractivity contribution is 0.669. The molecule has 15 aromatic rings. The van der Waals surface area contributed by atoms with Crippen molar-refractivity contribution in [3.05, 3.63) is 218 Å². The molecule has 65 heavy (non-hydrogen) atoms. The summed E-state index contributed by atoms with van der Waals surface area (Å²) < 4.78 is 16.3. The molecule has 0 unspecified atom stereocenters. The Kier molecular flexibility index (Phi) is 6.89. The van der Waals surface area contributed by atoms with Gasteiger partial charge in [-0.05, 0) is 103 Å². The molecule has 0 radical (unpaired) electrons. The first-order valence-electron chi connectivity index (χ1n) is 22.3. The van der Waals surface area contributed by atoms with Crippen molar-refractivity contribution in [3.8, 4) is 22.7 Å². The zero-order valence-corrected chi connectivity index (χ0v) is 35.0. The molecule has 0 bridgehead atoms. The van der Waals surface area contributed by atoms with Gasteiger partial charge >= 0.3 is 0 Å². The number of para-hydroxylation sites is 6. The fourth-order valence-electron chi connectivity index (χ4n) is 11.3. The number of furan rings is 1. The first-order chi connectivity index (χ1) is 32.3. The van der Waals surface area contributed by atoms with Crippen molar-refractivity contribution >= 4 is 109 Å². The molecule has 5 heterocycles. The Morgan fingerprint density at radius 3 is 1.00 bits per heavy atom. The minimum atomic E-state index is 0.868. The number of fused-ring (bicyclic) bond motifs is 15. The molecule has 0 atom stereocenters. The third-order valence-corrected chi connectivity index (χ3v) is 13.9. The van der Waals surface area contributed by atoms with Gasteiger partial charge in [0.05, 0.1) is 55.2 Å². The third kappa shape index (κ3) is 4.71. The second kappa shape index (κ2) is 12.9. The van der Waals surface area contributed by atoms with Gasteiger partial charge in [-0.1, -0.05) is 115 Å². The maximum absolute atomic E-state index is 6.63. The first-order valence-corrected chi connectivity index (χ1v) is 22.3. The predicted molar refractivity (Wildman–Crippen MR) is 271 cm³/mol. The number of hydrogen-bond donors (Lipinski definition) is 0. The molecular weight excluding hydrogens is 793 g/mol. The predicted octanol–water partition coefficient (Wildman–Crippen LogP) is 16.0. The highest BCUT2D eigenvalue weighted by Gasteiger charge is 2.21. The molecule has 0 aliphatic rings. The van der Waals surface area contributed by atoms with E-state index in [0.717, 1.165) is 55.7 Å². The highest BCUT2D eigenvalue weighted by molar-refractivity contribution is 6.17. The van der Waals surface area contributed by atoms with Gasteiger partial charge in [-0.15, -0.1) is 0 Å². The molecule has 0 saturated heterocycles. The summed E-state index contributed by atoms with van der Waals surface area (Å²) in [7, 11) is 0. The van der Waals surface area contributed by atoms with E-state index >= 15 is 0 Å². The zero-order valence-electron chi connectivity index (χ0n) is 35.0. The Bertz CT molecular complexity index is 4380. The molecule has 0 N–H and O–H groups in total. The fourth-order valence-corrected chi connectivity index (χ4v) is 11.3. The van der Waals surface area contributed by atoms with E-state index < -0.39 is 0 Å². The second-order valence-corrected chi connectivity index (χ2v) is 17.3. The summed E-state index contributed by atoms with van der Waals surface area (Å²) in [4.78, 5) is 0. The monoisotopic (exact) mass is 828 g/mol. The van der Waals surface area contributed by atoms with Gasteiger partial charge < -0.3 is 22.7 Å². The van der Waals surface area contributed by atoms with Crippen LogP contribution in [0.2, 0.25) is 0 Å². The fraction of sp³-hybridized carbons (Fsp3) is 0. The van der Waals surface area contributed by atoms with Crippen LogP contribution in [0.3, 0.4) is 0 Å². The van der Waals surface area contributed by atoms with E-state index in [1.807, 2.05) is 0 Å². The van der Waals surface area contributed by atoms with E-state index in [-0.39, 0.29) is 0 Å². The van der Waals surface area contributed by atoms with Crippen LogP contribution in [0.1, 0.15) is 0 Å². The molecule has 0 aliphatic heterocycles. The zero-order chi connectivity index (χ0) is 42.3. The van der Waals surface area contributed by atoms with Crippen molar-refractivity contribution in [3.63, 3.8) is 0 Å². The van der Waals surface area contributed by atoms with E-state index in [4.69, 9.17) is 4.42 Å². The maximum Gasteiger partial charge on any atom is 0.137 e. The Labute approximate surface area is 371 Å². The van der Waals surface area contributed by atoms with Crippen molar-refractivity contribution in [1.82, 2.24) is 18.3 Å². The van der Waals surface area contributed by atoms with E-state index in [1.165, 1.54) is 76.2 Å². The summed E-state index contributed by atoms with van der Waals surface area (Å²) >= 11 is 0. The quantitative estimate of drug-likeness (QED) is 0.174. The largest absolute Gasteiger partial charge is 0.456 e. The summed E-state index contributed by atoms with van der Waals surface area (Å²) in [5.74, 6) is 0. The summed E-state index contributed by atoms with van der Waals surface area (Å²) in [6.45, 7) is 0. The van der Waals surface area contributed by atoms with Gasteiger partial charge in [-0.25, -0.2) is 0 Å². The number of hydrogen-bond acceptors (Lipinski definition) is 1. The van der Waals surface area contributed by atoms with Crippen LogP contribution in [-0.4, -0.2) is 18.3 Å². The average Bonchev–Trinajstić information content (AvgIpc) is 4.16. The molecule has 0 saturated carbocycles. The average molecular weight is 829 g/mol. The van der Waals surface area contributed by atoms with Gasteiger partial charge in [0.1, 0.15) is 11.2 Å². The van der Waals surface area contributed by atoms with Crippen LogP contribution in [0, 0.1) is 0 Å². The van der Waals surface area contributed by atoms with Crippen LogP contribution < -0.4 is 0 Å². The summed E-state index contributed by atoms with van der Waals surface area (Å²) in [6, 6.07) is 79.5. The Morgan fingerprint density at radius 2 is 0.569 bits per heavy atom. The van der Waals surface area contributed by atoms with Gasteiger partial charge in [0.25, 0.3) is 0 Å². The van der Waals surface area contributed by atoms with Crippen LogP contribution in [0.25, 0.3) is 132 Å². The van der Waals surface area contributed by atoms with E-state index in [0.29, 0.717) is 0 Å². The number of nitrogens with zero attached hydrogens (tertiary/aromatic N) is 4. The number of rotatable bonds is 4. The molecule has 0 amide bonds. The lowest BCUT2D eigenvalue weighted by Gasteiger charge is -2.12. The van der Waals surface area contributed by atoms with Gasteiger partial charge in [0.2, 0.25) is 0 Å². The summed E-state index contributed by atoms with van der Waals surface area (Å²) in [5, 5.41) is 12.1. The van der Waals surface area contributed by atoms with E-state index in [2.05, 4.69) is 237 Å². The van der Waals surface area contributed by atoms with Crippen LogP contribution in [0.5, 0.6) is 0 Å². The highest BCUT2D eigenvalue weighted by Crippen LogP contribution is 2.42. The second-order valence-electron chi connectivity index (χ2n) is 17.3. The van der Waals surface area contributed by atoms with Crippen LogP contribution >= 0.6 is 0 Å². The third-order valence-electron chi connectivity index (χ3n) is 13.9. The van der Waals surface area contributed by atoms with Crippen LogP contribution in [-0.2, 0) is 0 Å². The van der Waals surface area contributed by atoms with Gasteiger partial charge in [-0.2, -0.15) is 0 Å². The topological polar surface area (TPSA) is 32.9 Å². The minimum absolute atomic E-state index is 0.868. The van der Waals surface area contributed by atoms with Crippen molar-refractivity contribution < 1.29 is 4.42 Å². The molecule has 10 aromatic carbocycles. The molecule has 5 heteroatoms. The minimum Gasteiger partial charge on any atom is -0.456 e. The normalized spacial score (nSPS) is 12.3. The molecule has 5 nitrogen and oxygen atoms in total. The lowest BCUT2D eigenvalue weighted by atomic mass is 10.1. The van der Waals surface area contributed by atoms with Gasteiger partial charge in [0.15, 0.2) is 0 Å². The number of benzene rings is 10. The number of aromatic nitrogens is 4. The molecule has 0 spiro atoms.